The molecule has 0 aromatic carbocycles. The standard InChI is InChI=1S/C20H19F5N4O3S/c1-4-33-16-6-13(28(3)11(2)30)7-27-17(16)14-5-12-9-32-18(31)29(15(12)8-26-14)10-19(21,22)20(23,24)25/h5-8H,4,9-10H2,1-3H3. The van der Waals surface area contributed by atoms with Crippen LogP contribution in [0.15, 0.2) is 29.4 Å². The van der Waals surface area contributed by atoms with Gasteiger partial charge in [-0.2, -0.15) is 22.0 Å². The lowest BCUT2D eigenvalue weighted by Gasteiger charge is -2.32. The number of fused-ring (bicyclic) bond motifs is 1. The molecule has 0 aliphatic carbocycles. The second-order valence-corrected chi connectivity index (χ2v) is 8.40. The zero-order valence-electron chi connectivity index (χ0n) is 17.7. The Morgan fingerprint density at radius 1 is 1.21 bits per heavy atom. The molecule has 1 aliphatic rings. The van der Waals surface area contributed by atoms with Gasteiger partial charge in [0, 0.05) is 24.4 Å². The molecule has 0 atom stereocenters. The molecule has 3 rings (SSSR count). The number of thioether (sulfide) groups is 1. The van der Waals surface area contributed by atoms with Gasteiger partial charge in [0.1, 0.15) is 18.8 Å². The molecule has 0 radical (unpaired) electrons. The molecular weight excluding hydrogens is 471 g/mol. The topological polar surface area (TPSA) is 75.6 Å². The number of nitrogens with zero attached hydrogens (tertiary/aromatic N) is 4. The lowest BCUT2D eigenvalue weighted by atomic mass is 10.1. The van der Waals surface area contributed by atoms with Gasteiger partial charge in [0.05, 0.1) is 29.5 Å². The van der Waals surface area contributed by atoms with Crippen molar-refractivity contribution in [3.05, 3.63) is 30.1 Å². The van der Waals surface area contributed by atoms with Crippen LogP contribution < -0.4 is 9.80 Å². The van der Waals surface area contributed by atoms with Crippen molar-refractivity contribution >= 4 is 35.1 Å². The number of hydrogen-bond acceptors (Lipinski definition) is 6. The quantitative estimate of drug-likeness (QED) is 0.424. The highest BCUT2D eigenvalue weighted by Crippen LogP contribution is 2.39. The van der Waals surface area contributed by atoms with Crippen molar-refractivity contribution in [1.82, 2.24) is 9.97 Å². The fraction of sp³-hybridized carbons (Fsp3) is 0.400. The fourth-order valence-electron chi connectivity index (χ4n) is 2.99. The van der Waals surface area contributed by atoms with Crippen molar-refractivity contribution in [2.45, 2.75) is 37.4 Å². The third-order valence-electron chi connectivity index (χ3n) is 4.84. The molecule has 2 aromatic heterocycles. The van der Waals surface area contributed by atoms with E-state index in [0.29, 0.717) is 27.7 Å². The first-order chi connectivity index (χ1) is 15.4. The van der Waals surface area contributed by atoms with Crippen LogP contribution >= 0.6 is 11.8 Å². The maximum absolute atomic E-state index is 13.6. The largest absolute Gasteiger partial charge is 0.455 e. The molecule has 0 spiro atoms. The number of pyridine rings is 2. The summed E-state index contributed by atoms with van der Waals surface area (Å²) in [7, 11) is 1.59. The van der Waals surface area contributed by atoms with Crippen LogP contribution in [0.5, 0.6) is 0 Å². The van der Waals surface area contributed by atoms with Crippen LogP contribution in [0.1, 0.15) is 19.4 Å². The maximum Gasteiger partial charge on any atom is 0.455 e. The minimum atomic E-state index is -5.83. The van der Waals surface area contributed by atoms with E-state index in [1.165, 1.54) is 35.8 Å². The highest BCUT2D eigenvalue weighted by atomic mass is 32.2. The molecule has 3 heterocycles. The molecule has 0 saturated heterocycles. The molecule has 0 N–H and O–H groups in total. The monoisotopic (exact) mass is 490 g/mol. The van der Waals surface area contributed by atoms with Crippen molar-refractivity contribution < 1.29 is 36.3 Å². The smallest absolute Gasteiger partial charge is 0.444 e. The lowest BCUT2D eigenvalue weighted by molar-refractivity contribution is -0.276. The summed E-state index contributed by atoms with van der Waals surface area (Å²) in [5, 5.41) is 0. The van der Waals surface area contributed by atoms with Gasteiger partial charge in [-0.3, -0.25) is 19.7 Å². The predicted octanol–water partition coefficient (Wildman–Crippen LogP) is 4.89. The van der Waals surface area contributed by atoms with Crippen LogP contribution in [0.4, 0.5) is 38.1 Å². The third kappa shape index (κ3) is 5.02. The maximum atomic E-state index is 13.6. The number of carbonyl (C=O) groups is 2. The summed E-state index contributed by atoms with van der Waals surface area (Å²) in [6.45, 7) is 1.07. The Morgan fingerprint density at radius 3 is 2.52 bits per heavy atom. The number of alkyl halides is 5. The fourth-order valence-corrected chi connectivity index (χ4v) is 3.80. The van der Waals surface area contributed by atoms with E-state index in [0.717, 1.165) is 6.20 Å². The van der Waals surface area contributed by atoms with E-state index in [1.807, 2.05) is 6.92 Å². The van der Waals surface area contributed by atoms with E-state index in [9.17, 15) is 31.5 Å². The number of carbonyl (C=O) groups excluding carboxylic acids is 2. The molecule has 2 aromatic rings. The number of halogens is 5. The van der Waals surface area contributed by atoms with Gasteiger partial charge in [0.25, 0.3) is 0 Å². The molecule has 1 aliphatic heterocycles. The second-order valence-electron chi connectivity index (χ2n) is 7.09. The normalized spacial score (nSPS) is 14.1. The van der Waals surface area contributed by atoms with Crippen LogP contribution in [0, 0.1) is 0 Å². The number of hydrogen-bond donors (Lipinski definition) is 0. The van der Waals surface area contributed by atoms with Crippen LogP contribution in [0.25, 0.3) is 11.4 Å². The van der Waals surface area contributed by atoms with Crippen molar-refractivity contribution in [3.63, 3.8) is 0 Å². The average Bonchev–Trinajstić information content (AvgIpc) is 2.74. The Balaban J connectivity index is 2.00. The number of ether oxygens (including phenoxy) is 1. The van der Waals surface area contributed by atoms with Gasteiger partial charge in [0.2, 0.25) is 5.91 Å². The number of anilines is 2. The highest BCUT2D eigenvalue weighted by Gasteiger charge is 2.59. The summed E-state index contributed by atoms with van der Waals surface area (Å²) in [5.74, 6) is -4.66. The average molecular weight is 490 g/mol. The second kappa shape index (κ2) is 9.12. The van der Waals surface area contributed by atoms with Crippen molar-refractivity contribution in [3.8, 4) is 11.4 Å². The first-order valence-corrected chi connectivity index (χ1v) is 10.6. The Kier molecular flexibility index (Phi) is 6.82. The molecule has 2 amide bonds. The van der Waals surface area contributed by atoms with E-state index < -0.39 is 24.7 Å². The van der Waals surface area contributed by atoms with Crippen LogP contribution in [-0.2, 0) is 16.1 Å². The molecule has 13 heteroatoms. The molecule has 0 bridgehead atoms. The molecule has 0 unspecified atom stereocenters. The molecule has 0 fully saturated rings. The van der Waals surface area contributed by atoms with Crippen molar-refractivity contribution in [1.29, 1.82) is 0 Å². The van der Waals surface area contributed by atoms with Gasteiger partial charge in [-0.15, -0.1) is 11.8 Å². The van der Waals surface area contributed by atoms with Gasteiger partial charge < -0.3 is 9.64 Å². The van der Waals surface area contributed by atoms with Crippen LogP contribution in [-0.4, -0.2) is 53.4 Å². The molecular formula is C20H19F5N4O3S. The van der Waals surface area contributed by atoms with Gasteiger partial charge in [-0.25, -0.2) is 4.79 Å². The van der Waals surface area contributed by atoms with E-state index in [2.05, 4.69) is 9.97 Å². The number of rotatable bonds is 6. The number of cyclic esters (lactones) is 1. The third-order valence-corrected chi connectivity index (χ3v) is 5.75. The Labute approximate surface area is 189 Å². The molecule has 0 saturated carbocycles. The number of aromatic nitrogens is 2. The van der Waals surface area contributed by atoms with E-state index in [4.69, 9.17) is 4.74 Å². The summed E-state index contributed by atoms with van der Waals surface area (Å²) < 4.78 is 69.9. The summed E-state index contributed by atoms with van der Waals surface area (Å²) in [6.07, 6.45) is -4.63. The Hall–Kier alpha value is -2.96. The SMILES string of the molecule is CCSc1cc(N(C)C(C)=O)cnc1-c1cc2c(cn1)N(CC(F)(F)C(F)(F)F)C(=O)OC2. The minimum absolute atomic E-state index is 0.193. The number of amides is 2. The van der Waals surface area contributed by atoms with Crippen molar-refractivity contribution in [2.24, 2.45) is 0 Å². The first kappa shape index (κ1) is 24.7. The summed E-state index contributed by atoms with van der Waals surface area (Å²) in [5.41, 5.74) is 1.29. The predicted molar refractivity (Wildman–Crippen MR) is 111 cm³/mol. The van der Waals surface area contributed by atoms with Gasteiger partial charge in [-0.1, -0.05) is 6.92 Å². The van der Waals surface area contributed by atoms with Gasteiger partial charge >= 0.3 is 18.2 Å². The summed E-state index contributed by atoms with van der Waals surface area (Å²) >= 11 is 1.43. The first-order valence-electron chi connectivity index (χ1n) is 9.61. The summed E-state index contributed by atoms with van der Waals surface area (Å²) in [4.78, 5) is 34.5. The highest BCUT2D eigenvalue weighted by molar-refractivity contribution is 7.99. The molecule has 7 nitrogen and oxygen atoms in total. The lowest BCUT2D eigenvalue weighted by Crippen LogP contribution is -2.50. The Morgan fingerprint density at radius 2 is 1.91 bits per heavy atom. The van der Waals surface area contributed by atoms with E-state index in [1.54, 1.807) is 13.1 Å². The van der Waals surface area contributed by atoms with Gasteiger partial charge in [-0.05, 0) is 17.9 Å². The zero-order chi connectivity index (χ0) is 24.6. The van der Waals surface area contributed by atoms with Gasteiger partial charge in [0.15, 0.2) is 0 Å². The van der Waals surface area contributed by atoms with Crippen molar-refractivity contribution in [2.75, 3.05) is 29.1 Å². The van der Waals surface area contributed by atoms with E-state index >= 15 is 0 Å². The van der Waals surface area contributed by atoms with E-state index in [-0.39, 0.29) is 28.7 Å². The Bertz CT molecular complexity index is 1080. The van der Waals surface area contributed by atoms with Crippen LogP contribution in [0.3, 0.4) is 0 Å². The molecule has 178 valence electrons. The van der Waals surface area contributed by atoms with Crippen LogP contribution in [0.2, 0.25) is 0 Å². The summed E-state index contributed by atoms with van der Waals surface area (Å²) in [6, 6.07) is 3.17. The molecule has 33 heavy (non-hydrogen) atoms. The minimum Gasteiger partial charge on any atom is -0.444 e. The zero-order valence-corrected chi connectivity index (χ0v) is 18.6.